The number of primary amides is 1. The van der Waals surface area contributed by atoms with Gasteiger partial charge in [-0.1, -0.05) is 11.6 Å². The number of nitrogens with one attached hydrogen (secondary N) is 2. The Morgan fingerprint density at radius 2 is 2.17 bits per heavy atom. The van der Waals surface area contributed by atoms with Gasteiger partial charge in [-0.05, 0) is 18.2 Å². The van der Waals surface area contributed by atoms with Gasteiger partial charge in [-0.2, -0.15) is 0 Å². The number of benzene rings is 1. The summed E-state index contributed by atoms with van der Waals surface area (Å²) in [5.74, 6) is 0.436. The molecule has 7 nitrogen and oxygen atoms in total. The molecule has 3 rings (SSSR count). The standard InChI is InChI=1S/C15H14ClN5O2/c1-23-14-7-18-13(6-19-14)10-4-12-8(3-11(10)16)2-9(21-12)5-20-15(17)22/h2-4,6-7,21H,5H2,1H3,(H3,17,20,22). The van der Waals surface area contributed by atoms with Crippen LogP contribution in [0.3, 0.4) is 0 Å². The Balaban J connectivity index is 1.97. The van der Waals surface area contributed by atoms with Crippen LogP contribution in [0.15, 0.2) is 30.6 Å². The van der Waals surface area contributed by atoms with Gasteiger partial charge in [0.1, 0.15) is 0 Å². The van der Waals surface area contributed by atoms with Gasteiger partial charge >= 0.3 is 6.03 Å². The number of carbonyl (C=O) groups is 1. The van der Waals surface area contributed by atoms with Crippen molar-refractivity contribution in [1.82, 2.24) is 20.3 Å². The summed E-state index contributed by atoms with van der Waals surface area (Å²) in [5.41, 5.74) is 8.17. The summed E-state index contributed by atoms with van der Waals surface area (Å²) < 4.78 is 5.00. The fourth-order valence-corrected chi connectivity index (χ4v) is 2.52. The molecule has 8 heteroatoms. The number of rotatable bonds is 4. The predicted octanol–water partition coefficient (Wildman–Crippen LogP) is 2.46. The Labute approximate surface area is 136 Å². The van der Waals surface area contributed by atoms with Gasteiger partial charge in [-0.25, -0.2) is 14.8 Å². The van der Waals surface area contributed by atoms with Crippen LogP contribution in [0.25, 0.3) is 22.2 Å². The number of nitrogens with two attached hydrogens (primary N) is 1. The number of ether oxygens (including phenoxy) is 1. The molecule has 0 aliphatic carbocycles. The van der Waals surface area contributed by atoms with Crippen molar-refractivity contribution in [2.45, 2.75) is 6.54 Å². The first-order chi connectivity index (χ1) is 11.1. The number of hydrogen-bond acceptors (Lipinski definition) is 4. The molecular formula is C15H14ClN5O2. The van der Waals surface area contributed by atoms with Gasteiger partial charge in [0.25, 0.3) is 0 Å². The molecule has 0 atom stereocenters. The number of urea groups is 1. The third kappa shape index (κ3) is 3.19. The number of halogens is 1. The van der Waals surface area contributed by atoms with E-state index in [-0.39, 0.29) is 0 Å². The number of amides is 2. The van der Waals surface area contributed by atoms with E-state index in [9.17, 15) is 4.79 Å². The van der Waals surface area contributed by atoms with E-state index < -0.39 is 6.03 Å². The zero-order chi connectivity index (χ0) is 16.4. The number of carbonyl (C=O) groups excluding carboxylic acids is 1. The molecule has 4 N–H and O–H groups in total. The number of aromatic nitrogens is 3. The first-order valence-corrected chi connectivity index (χ1v) is 7.15. The molecule has 23 heavy (non-hydrogen) atoms. The van der Waals surface area contributed by atoms with Crippen molar-refractivity contribution in [3.8, 4) is 17.1 Å². The highest BCUT2D eigenvalue weighted by Crippen LogP contribution is 2.31. The van der Waals surface area contributed by atoms with E-state index in [4.69, 9.17) is 22.1 Å². The zero-order valence-electron chi connectivity index (χ0n) is 12.3. The molecular weight excluding hydrogens is 318 g/mol. The van der Waals surface area contributed by atoms with E-state index in [0.717, 1.165) is 22.2 Å². The van der Waals surface area contributed by atoms with Crippen LogP contribution in [0.2, 0.25) is 5.02 Å². The Kier molecular flexibility index (Phi) is 4.03. The van der Waals surface area contributed by atoms with Crippen LogP contribution >= 0.6 is 11.6 Å². The minimum atomic E-state index is -0.573. The van der Waals surface area contributed by atoms with Crippen LogP contribution in [-0.4, -0.2) is 28.1 Å². The quantitative estimate of drug-likeness (QED) is 0.682. The van der Waals surface area contributed by atoms with Crippen LogP contribution in [-0.2, 0) is 6.54 Å². The van der Waals surface area contributed by atoms with Gasteiger partial charge < -0.3 is 20.8 Å². The second-order valence-electron chi connectivity index (χ2n) is 4.88. The molecule has 1 aromatic carbocycles. The molecule has 3 aromatic rings. The Hall–Kier alpha value is -2.80. The van der Waals surface area contributed by atoms with E-state index >= 15 is 0 Å². The molecule has 0 saturated heterocycles. The molecule has 0 bridgehead atoms. The van der Waals surface area contributed by atoms with Crippen molar-refractivity contribution in [2.75, 3.05) is 7.11 Å². The van der Waals surface area contributed by atoms with Crippen molar-refractivity contribution in [2.24, 2.45) is 5.73 Å². The normalized spacial score (nSPS) is 10.7. The second kappa shape index (κ2) is 6.13. The van der Waals surface area contributed by atoms with Crippen LogP contribution in [0, 0.1) is 0 Å². The third-order valence-electron chi connectivity index (χ3n) is 3.33. The first-order valence-electron chi connectivity index (χ1n) is 6.77. The lowest BCUT2D eigenvalue weighted by Gasteiger charge is -2.05. The van der Waals surface area contributed by atoms with Crippen LogP contribution < -0.4 is 15.8 Å². The van der Waals surface area contributed by atoms with E-state index in [1.54, 1.807) is 6.20 Å². The van der Waals surface area contributed by atoms with Crippen LogP contribution in [0.1, 0.15) is 5.69 Å². The molecule has 0 fully saturated rings. The van der Waals surface area contributed by atoms with Crippen molar-refractivity contribution < 1.29 is 9.53 Å². The summed E-state index contributed by atoms with van der Waals surface area (Å²) >= 11 is 6.35. The molecule has 0 aliphatic rings. The van der Waals surface area contributed by atoms with Gasteiger partial charge in [0.15, 0.2) is 0 Å². The summed E-state index contributed by atoms with van der Waals surface area (Å²) in [4.78, 5) is 22.4. The van der Waals surface area contributed by atoms with Gasteiger partial charge in [-0.3, -0.25) is 0 Å². The van der Waals surface area contributed by atoms with Crippen molar-refractivity contribution in [3.63, 3.8) is 0 Å². The molecule has 2 amide bonds. The van der Waals surface area contributed by atoms with E-state index in [1.165, 1.54) is 13.3 Å². The maximum absolute atomic E-state index is 10.8. The molecule has 0 unspecified atom stereocenters. The first kappa shape index (κ1) is 15.1. The lowest BCUT2D eigenvalue weighted by atomic mass is 10.1. The molecule has 0 saturated carbocycles. The lowest BCUT2D eigenvalue weighted by Crippen LogP contribution is -2.28. The van der Waals surface area contributed by atoms with E-state index in [2.05, 4.69) is 20.3 Å². The van der Waals surface area contributed by atoms with E-state index in [0.29, 0.717) is 23.1 Å². The van der Waals surface area contributed by atoms with Gasteiger partial charge in [0.05, 0.1) is 36.8 Å². The van der Waals surface area contributed by atoms with E-state index in [1.807, 2.05) is 18.2 Å². The molecule has 2 aromatic heterocycles. The van der Waals surface area contributed by atoms with Crippen molar-refractivity contribution in [3.05, 3.63) is 41.3 Å². The molecule has 2 heterocycles. The van der Waals surface area contributed by atoms with Crippen LogP contribution in [0.4, 0.5) is 4.79 Å². The predicted molar refractivity (Wildman–Crippen MR) is 87.3 cm³/mol. The average molecular weight is 332 g/mol. The van der Waals surface area contributed by atoms with Gasteiger partial charge in [0, 0.05) is 22.2 Å². The highest BCUT2D eigenvalue weighted by atomic mass is 35.5. The third-order valence-corrected chi connectivity index (χ3v) is 3.64. The fraction of sp³-hybridized carbons (Fsp3) is 0.133. The highest BCUT2D eigenvalue weighted by molar-refractivity contribution is 6.34. The number of nitrogens with zero attached hydrogens (tertiary/aromatic N) is 2. The van der Waals surface area contributed by atoms with Gasteiger partial charge in [0.2, 0.25) is 5.88 Å². The van der Waals surface area contributed by atoms with Gasteiger partial charge in [-0.15, -0.1) is 0 Å². The van der Waals surface area contributed by atoms with Crippen molar-refractivity contribution >= 4 is 28.5 Å². The fourth-order valence-electron chi connectivity index (χ4n) is 2.25. The highest BCUT2D eigenvalue weighted by Gasteiger charge is 2.10. The SMILES string of the molecule is COc1cnc(-c2cc3[nH]c(CNC(N)=O)cc3cc2Cl)cn1. The van der Waals surface area contributed by atoms with Crippen molar-refractivity contribution in [1.29, 1.82) is 0 Å². The minimum Gasteiger partial charge on any atom is -0.480 e. The molecule has 0 aliphatic heterocycles. The lowest BCUT2D eigenvalue weighted by molar-refractivity contribution is 0.248. The second-order valence-corrected chi connectivity index (χ2v) is 5.28. The summed E-state index contributed by atoms with van der Waals surface area (Å²) in [7, 11) is 1.53. The number of methoxy groups -OCH3 is 1. The molecule has 0 spiro atoms. The maximum Gasteiger partial charge on any atom is 0.312 e. The number of hydrogen-bond donors (Lipinski definition) is 3. The molecule has 0 radical (unpaired) electrons. The summed E-state index contributed by atoms with van der Waals surface area (Å²) in [5, 5.41) is 4.03. The Morgan fingerprint density at radius 3 is 2.83 bits per heavy atom. The zero-order valence-corrected chi connectivity index (χ0v) is 13.0. The minimum absolute atomic E-state index is 0.319. The summed E-state index contributed by atoms with van der Waals surface area (Å²) in [6.07, 6.45) is 3.14. The Morgan fingerprint density at radius 1 is 1.35 bits per heavy atom. The number of H-pyrrole nitrogens is 1. The average Bonchev–Trinajstić information content (AvgIpc) is 2.94. The topological polar surface area (TPSA) is 106 Å². The number of fused-ring (bicyclic) bond motifs is 1. The Bertz CT molecular complexity index is 860. The molecule has 118 valence electrons. The largest absolute Gasteiger partial charge is 0.480 e. The summed E-state index contributed by atoms with van der Waals surface area (Å²) in [6.45, 7) is 0.319. The maximum atomic E-state index is 10.8. The summed E-state index contributed by atoms with van der Waals surface area (Å²) in [6, 6.07) is 5.06. The van der Waals surface area contributed by atoms with Crippen LogP contribution in [0.5, 0.6) is 5.88 Å². The number of aromatic amines is 1. The smallest absolute Gasteiger partial charge is 0.312 e. The monoisotopic (exact) mass is 331 g/mol.